The summed E-state index contributed by atoms with van der Waals surface area (Å²) in [5.74, 6) is -2.30. The van der Waals surface area contributed by atoms with Gasteiger partial charge < -0.3 is 14.2 Å². The molecule has 0 bridgehead atoms. The first kappa shape index (κ1) is 25.6. The van der Waals surface area contributed by atoms with Gasteiger partial charge in [0.05, 0.1) is 24.0 Å². The monoisotopic (exact) mass is 443 g/mol. The molecular formula is C20H29NO8S. The lowest BCUT2D eigenvalue weighted by atomic mass is 10.1. The van der Waals surface area contributed by atoms with Crippen LogP contribution in [0.1, 0.15) is 58.3 Å². The lowest BCUT2D eigenvalue weighted by Gasteiger charge is -2.25. The van der Waals surface area contributed by atoms with Gasteiger partial charge in [-0.05, 0) is 65.8 Å². The van der Waals surface area contributed by atoms with Crippen molar-refractivity contribution in [2.75, 3.05) is 7.11 Å². The number of rotatable bonds is 7. The quantitative estimate of drug-likeness (QED) is 0.502. The van der Waals surface area contributed by atoms with Crippen molar-refractivity contribution in [2.24, 2.45) is 0 Å². The van der Waals surface area contributed by atoms with E-state index in [1.54, 1.807) is 41.5 Å². The summed E-state index contributed by atoms with van der Waals surface area (Å²) in [6.45, 7) is 9.82. The third-order valence-corrected chi connectivity index (χ3v) is 4.85. The second-order valence-electron chi connectivity index (χ2n) is 8.51. The summed E-state index contributed by atoms with van der Waals surface area (Å²) in [5.41, 5.74) is -1.54. The minimum absolute atomic E-state index is 0.161. The minimum atomic E-state index is -4.21. The molecule has 0 aliphatic rings. The molecule has 0 saturated heterocycles. The molecule has 1 aromatic carbocycles. The second kappa shape index (κ2) is 9.57. The van der Waals surface area contributed by atoms with Crippen LogP contribution in [0.25, 0.3) is 0 Å². The number of nitrogens with one attached hydrogen (secondary N) is 1. The Labute approximate surface area is 177 Å². The van der Waals surface area contributed by atoms with E-state index in [9.17, 15) is 22.8 Å². The highest BCUT2D eigenvalue weighted by Gasteiger charge is 2.33. The molecule has 0 saturated carbocycles. The Balaban J connectivity index is 3.12. The van der Waals surface area contributed by atoms with Crippen LogP contribution in [0.15, 0.2) is 29.2 Å². The summed E-state index contributed by atoms with van der Waals surface area (Å²) < 4.78 is 42.7. The lowest BCUT2D eigenvalue weighted by molar-refractivity contribution is -0.164. The molecule has 1 aromatic rings. The molecule has 1 unspecified atom stereocenters. The van der Waals surface area contributed by atoms with Crippen molar-refractivity contribution < 1.29 is 37.0 Å². The second-order valence-corrected chi connectivity index (χ2v) is 10.2. The number of carbonyl (C=O) groups is 3. The zero-order chi connectivity index (χ0) is 23.3. The molecule has 1 N–H and O–H groups in total. The largest absolute Gasteiger partial charge is 0.465 e. The number of sulfonamides is 1. The maximum absolute atomic E-state index is 12.7. The van der Waals surface area contributed by atoms with Gasteiger partial charge in [0.15, 0.2) is 0 Å². The molecule has 0 heterocycles. The highest BCUT2D eigenvalue weighted by molar-refractivity contribution is 7.89. The molecule has 1 atom stereocenters. The van der Waals surface area contributed by atoms with E-state index in [1.165, 1.54) is 31.4 Å². The van der Waals surface area contributed by atoms with Crippen molar-refractivity contribution in [3.8, 4) is 0 Å². The van der Waals surface area contributed by atoms with E-state index in [0.29, 0.717) is 0 Å². The molecule has 30 heavy (non-hydrogen) atoms. The van der Waals surface area contributed by atoms with Gasteiger partial charge >= 0.3 is 17.9 Å². The van der Waals surface area contributed by atoms with Crippen LogP contribution in [0.5, 0.6) is 0 Å². The van der Waals surface area contributed by atoms with Gasteiger partial charge in [-0.2, -0.15) is 4.72 Å². The molecule has 0 aliphatic carbocycles. The fourth-order valence-corrected chi connectivity index (χ4v) is 3.42. The van der Waals surface area contributed by atoms with Crippen molar-refractivity contribution >= 4 is 27.9 Å². The van der Waals surface area contributed by atoms with Crippen LogP contribution >= 0.6 is 0 Å². The Bertz CT molecular complexity index is 877. The Kier molecular flexibility index (Phi) is 8.16. The number of ether oxygens (including phenoxy) is 3. The zero-order valence-electron chi connectivity index (χ0n) is 18.3. The molecule has 10 heteroatoms. The van der Waals surface area contributed by atoms with E-state index >= 15 is 0 Å². The molecule has 0 spiro atoms. The Morgan fingerprint density at radius 1 is 0.933 bits per heavy atom. The lowest BCUT2D eigenvalue weighted by Crippen LogP contribution is -2.46. The molecule has 0 radical (unpaired) electrons. The molecule has 0 amide bonds. The summed E-state index contributed by atoms with van der Waals surface area (Å²) in [6, 6.07) is 3.43. The van der Waals surface area contributed by atoms with Gasteiger partial charge in [0.25, 0.3) is 0 Å². The van der Waals surface area contributed by atoms with Crippen LogP contribution < -0.4 is 4.72 Å². The van der Waals surface area contributed by atoms with Crippen molar-refractivity contribution in [3.05, 3.63) is 29.8 Å². The molecular weight excluding hydrogens is 414 g/mol. The number of hydrogen-bond acceptors (Lipinski definition) is 8. The van der Waals surface area contributed by atoms with Crippen LogP contribution in [0, 0.1) is 0 Å². The maximum Gasteiger partial charge on any atom is 0.337 e. The Hall–Kier alpha value is -2.46. The van der Waals surface area contributed by atoms with Crippen molar-refractivity contribution in [1.29, 1.82) is 0 Å². The average Bonchev–Trinajstić information content (AvgIpc) is 2.57. The minimum Gasteiger partial charge on any atom is -0.465 e. The van der Waals surface area contributed by atoms with Crippen LogP contribution in [0.3, 0.4) is 0 Å². The third-order valence-electron chi connectivity index (χ3n) is 3.37. The first-order valence-electron chi connectivity index (χ1n) is 9.19. The molecule has 168 valence electrons. The molecule has 0 aromatic heterocycles. The summed E-state index contributed by atoms with van der Waals surface area (Å²) in [7, 11) is -3.00. The first-order chi connectivity index (χ1) is 13.5. The number of benzene rings is 1. The van der Waals surface area contributed by atoms with Crippen LogP contribution in [-0.2, 0) is 33.8 Å². The van der Waals surface area contributed by atoms with Crippen molar-refractivity contribution in [3.63, 3.8) is 0 Å². The molecule has 1 rings (SSSR count). The summed E-state index contributed by atoms with van der Waals surface area (Å²) in [6.07, 6.45) is -0.550. The zero-order valence-corrected chi connectivity index (χ0v) is 19.1. The van der Waals surface area contributed by atoms with Crippen LogP contribution in [0.4, 0.5) is 0 Å². The van der Waals surface area contributed by atoms with Crippen LogP contribution in [0.2, 0.25) is 0 Å². The predicted octanol–water partition coefficient (Wildman–Crippen LogP) is 2.19. The first-order valence-corrected chi connectivity index (χ1v) is 10.7. The van der Waals surface area contributed by atoms with Crippen molar-refractivity contribution in [2.45, 2.75) is 70.1 Å². The predicted molar refractivity (Wildman–Crippen MR) is 108 cm³/mol. The third kappa shape index (κ3) is 8.50. The van der Waals surface area contributed by atoms with Crippen molar-refractivity contribution in [1.82, 2.24) is 4.72 Å². The number of carbonyl (C=O) groups excluding carboxylic acids is 3. The molecule has 9 nitrogen and oxygen atoms in total. The van der Waals surface area contributed by atoms with Gasteiger partial charge in [0.2, 0.25) is 10.0 Å². The van der Waals surface area contributed by atoms with Gasteiger partial charge in [-0.1, -0.05) is 0 Å². The SMILES string of the molecule is COC(=O)c1ccc(S(=O)(=O)NC(CC(=O)OC(C)(C)C)C(=O)OC(C)(C)C)cc1. The van der Waals surface area contributed by atoms with E-state index in [2.05, 4.69) is 9.46 Å². The average molecular weight is 444 g/mol. The highest BCUT2D eigenvalue weighted by Crippen LogP contribution is 2.17. The van der Waals surface area contributed by atoms with Gasteiger partial charge in [0, 0.05) is 0 Å². The van der Waals surface area contributed by atoms with E-state index in [0.717, 1.165) is 0 Å². The highest BCUT2D eigenvalue weighted by atomic mass is 32.2. The molecule has 0 aliphatic heterocycles. The summed E-state index contributed by atoms with van der Waals surface area (Å²) in [4.78, 5) is 36.0. The van der Waals surface area contributed by atoms with E-state index in [1.807, 2.05) is 0 Å². The van der Waals surface area contributed by atoms with Gasteiger partial charge in [-0.15, -0.1) is 0 Å². The molecule has 0 fully saturated rings. The summed E-state index contributed by atoms with van der Waals surface area (Å²) >= 11 is 0. The fraction of sp³-hybridized carbons (Fsp3) is 0.550. The van der Waals surface area contributed by atoms with Gasteiger partial charge in [-0.3, -0.25) is 9.59 Å². The topological polar surface area (TPSA) is 125 Å². The normalized spacial score (nSPS) is 13.3. The van der Waals surface area contributed by atoms with E-state index in [4.69, 9.17) is 9.47 Å². The smallest absolute Gasteiger partial charge is 0.337 e. The maximum atomic E-state index is 12.7. The Morgan fingerprint density at radius 3 is 1.87 bits per heavy atom. The number of methoxy groups -OCH3 is 1. The van der Waals surface area contributed by atoms with Gasteiger partial charge in [-0.25, -0.2) is 13.2 Å². The number of esters is 3. The fourth-order valence-electron chi connectivity index (χ4n) is 2.24. The number of hydrogen-bond donors (Lipinski definition) is 1. The van der Waals surface area contributed by atoms with Crippen LogP contribution in [-0.4, -0.2) is 50.7 Å². The summed E-state index contributed by atoms with van der Waals surface area (Å²) in [5, 5.41) is 0. The Morgan fingerprint density at radius 2 is 1.43 bits per heavy atom. The van der Waals surface area contributed by atoms with E-state index in [-0.39, 0.29) is 10.5 Å². The van der Waals surface area contributed by atoms with Gasteiger partial charge in [0.1, 0.15) is 17.2 Å². The van der Waals surface area contributed by atoms with E-state index < -0.39 is 51.6 Å². The standard InChI is InChI=1S/C20H29NO8S/c1-19(2,3)28-16(22)12-15(18(24)29-20(4,5)6)21-30(25,26)14-10-8-13(9-11-14)17(23)27-7/h8-11,15,21H,12H2,1-7H3.